The molecule has 30 heavy (non-hydrogen) atoms. The van der Waals surface area contributed by atoms with Crippen LogP contribution in [0.3, 0.4) is 0 Å². The van der Waals surface area contributed by atoms with E-state index >= 15 is 0 Å². The Morgan fingerprint density at radius 3 is 2.40 bits per heavy atom. The minimum absolute atomic E-state index is 0.00670. The monoisotopic (exact) mass is 407 g/mol. The molecule has 3 heterocycles. The number of hydrogen-bond donors (Lipinski definition) is 1. The molecule has 0 bridgehead atoms. The number of carbonyl (C=O) groups excluding carboxylic acids is 2. The summed E-state index contributed by atoms with van der Waals surface area (Å²) >= 11 is 0. The summed E-state index contributed by atoms with van der Waals surface area (Å²) in [5.41, 5.74) is 2.40. The fraction of sp³-hybridized carbons (Fsp3) is 0.381. The number of benzene rings is 1. The Kier molecular flexibility index (Phi) is 5.35. The molecule has 0 spiro atoms. The third kappa shape index (κ3) is 3.96. The topological polar surface area (TPSA) is 95.7 Å². The number of nitrogens with zero attached hydrogens (tertiary/aromatic N) is 6. The van der Waals surface area contributed by atoms with Gasteiger partial charge in [0.1, 0.15) is 12.1 Å². The molecule has 2 aromatic heterocycles. The summed E-state index contributed by atoms with van der Waals surface area (Å²) in [6, 6.07) is 9.07. The number of rotatable bonds is 4. The van der Waals surface area contributed by atoms with Crippen molar-refractivity contribution in [2.75, 3.05) is 36.4 Å². The van der Waals surface area contributed by atoms with E-state index < -0.39 is 0 Å². The zero-order valence-electron chi connectivity index (χ0n) is 17.4. The molecular weight excluding hydrogens is 382 g/mol. The smallest absolute Gasteiger partial charge is 0.256 e. The summed E-state index contributed by atoms with van der Waals surface area (Å²) in [7, 11) is 0. The summed E-state index contributed by atoms with van der Waals surface area (Å²) < 4.78 is 1.92. The number of piperazine rings is 1. The van der Waals surface area contributed by atoms with E-state index in [1.807, 2.05) is 9.30 Å². The van der Waals surface area contributed by atoms with Crippen LogP contribution in [0, 0.1) is 0 Å². The minimum Gasteiger partial charge on any atom is -0.353 e. The van der Waals surface area contributed by atoms with Gasteiger partial charge in [0.15, 0.2) is 0 Å². The molecular formula is C21H25N7O2. The Labute approximate surface area is 174 Å². The minimum atomic E-state index is -0.135. The molecule has 0 saturated carbocycles. The van der Waals surface area contributed by atoms with Gasteiger partial charge in [0.2, 0.25) is 5.91 Å². The predicted molar refractivity (Wildman–Crippen MR) is 114 cm³/mol. The summed E-state index contributed by atoms with van der Waals surface area (Å²) in [4.78, 5) is 32.7. The first kappa shape index (κ1) is 19.8. The van der Waals surface area contributed by atoms with Gasteiger partial charge in [-0.2, -0.15) is 4.98 Å². The van der Waals surface area contributed by atoms with Crippen LogP contribution in [0.2, 0.25) is 0 Å². The molecule has 4 rings (SSSR count). The molecule has 1 aliphatic heterocycles. The van der Waals surface area contributed by atoms with E-state index in [-0.39, 0.29) is 11.8 Å². The number of aromatic nitrogens is 4. The summed E-state index contributed by atoms with van der Waals surface area (Å²) in [6.45, 7) is 8.35. The molecule has 1 aromatic carbocycles. The van der Waals surface area contributed by atoms with Gasteiger partial charge < -0.3 is 15.1 Å². The standard InChI is InChI=1S/C21H25N7O2/c1-14(2)18-12-19(24-21-25-22-13-28(18)21)26-8-10-27(11-9-26)20(30)16-4-6-17(7-5-16)23-15(3)29/h4-7,12-14H,8-11H2,1-3H3,(H,23,29). The van der Waals surface area contributed by atoms with Crippen molar-refractivity contribution < 1.29 is 9.59 Å². The van der Waals surface area contributed by atoms with Crippen LogP contribution in [0.1, 0.15) is 42.7 Å². The summed E-state index contributed by atoms with van der Waals surface area (Å²) in [6.07, 6.45) is 1.69. The van der Waals surface area contributed by atoms with Crippen molar-refractivity contribution in [2.24, 2.45) is 0 Å². The Bertz CT molecular complexity index is 1070. The van der Waals surface area contributed by atoms with Gasteiger partial charge in [0.05, 0.1) is 0 Å². The van der Waals surface area contributed by atoms with Crippen LogP contribution in [-0.4, -0.2) is 62.5 Å². The first-order valence-corrected chi connectivity index (χ1v) is 10.0. The summed E-state index contributed by atoms with van der Waals surface area (Å²) in [5.74, 6) is 1.63. The van der Waals surface area contributed by atoms with Crippen molar-refractivity contribution in [3.63, 3.8) is 0 Å². The first-order chi connectivity index (χ1) is 14.4. The van der Waals surface area contributed by atoms with Crippen LogP contribution < -0.4 is 10.2 Å². The molecule has 156 valence electrons. The summed E-state index contributed by atoms with van der Waals surface area (Å²) in [5, 5.41) is 10.8. The average molecular weight is 407 g/mol. The number of carbonyl (C=O) groups is 2. The molecule has 1 aliphatic rings. The van der Waals surface area contributed by atoms with Crippen molar-refractivity contribution in [3.05, 3.63) is 47.9 Å². The molecule has 0 radical (unpaired) electrons. The van der Waals surface area contributed by atoms with Gasteiger partial charge >= 0.3 is 0 Å². The molecule has 1 fully saturated rings. The van der Waals surface area contributed by atoms with E-state index in [2.05, 4.69) is 45.3 Å². The van der Waals surface area contributed by atoms with E-state index in [4.69, 9.17) is 0 Å². The highest BCUT2D eigenvalue weighted by Gasteiger charge is 2.24. The van der Waals surface area contributed by atoms with E-state index in [0.29, 0.717) is 49.1 Å². The maximum Gasteiger partial charge on any atom is 0.256 e. The van der Waals surface area contributed by atoms with Crippen molar-refractivity contribution >= 4 is 29.1 Å². The normalized spacial score (nSPS) is 14.4. The lowest BCUT2D eigenvalue weighted by molar-refractivity contribution is -0.114. The second-order valence-electron chi connectivity index (χ2n) is 7.73. The van der Waals surface area contributed by atoms with E-state index in [1.165, 1.54) is 6.92 Å². The molecule has 9 nitrogen and oxygen atoms in total. The van der Waals surface area contributed by atoms with Gasteiger partial charge in [-0.25, -0.2) is 0 Å². The molecule has 1 saturated heterocycles. The van der Waals surface area contributed by atoms with Crippen LogP contribution in [0.4, 0.5) is 11.5 Å². The Morgan fingerprint density at radius 1 is 1.07 bits per heavy atom. The van der Waals surface area contributed by atoms with Gasteiger partial charge in [-0.05, 0) is 30.2 Å². The molecule has 9 heteroatoms. The molecule has 0 unspecified atom stereocenters. The number of anilines is 2. The second-order valence-corrected chi connectivity index (χ2v) is 7.73. The molecule has 2 amide bonds. The number of amides is 2. The van der Waals surface area contributed by atoms with Gasteiger partial charge in [-0.1, -0.05) is 13.8 Å². The van der Waals surface area contributed by atoms with Crippen LogP contribution >= 0.6 is 0 Å². The fourth-order valence-electron chi connectivity index (χ4n) is 3.65. The number of nitrogens with one attached hydrogen (secondary N) is 1. The SMILES string of the molecule is CC(=O)Nc1ccc(C(=O)N2CCN(c3cc(C(C)C)n4cnnc4n3)CC2)cc1. The highest BCUT2D eigenvalue weighted by atomic mass is 16.2. The molecule has 3 aromatic rings. The largest absolute Gasteiger partial charge is 0.353 e. The number of hydrogen-bond acceptors (Lipinski definition) is 6. The lowest BCUT2D eigenvalue weighted by Crippen LogP contribution is -2.49. The number of fused-ring (bicyclic) bond motifs is 1. The zero-order chi connectivity index (χ0) is 21.3. The maximum atomic E-state index is 12.8. The Hall–Kier alpha value is -3.49. The van der Waals surface area contributed by atoms with Crippen LogP contribution in [0.25, 0.3) is 5.78 Å². The third-order valence-electron chi connectivity index (χ3n) is 5.23. The first-order valence-electron chi connectivity index (χ1n) is 10.0. The van der Waals surface area contributed by atoms with Gasteiger partial charge in [-0.3, -0.25) is 14.0 Å². The second kappa shape index (κ2) is 8.10. The van der Waals surface area contributed by atoms with E-state index in [1.54, 1.807) is 30.6 Å². The molecule has 0 aliphatic carbocycles. The highest BCUT2D eigenvalue weighted by Crippen LogP contribution is 2.22. The average Bonchev–Trinajstić information content (AvgIpc) is 3.21. The van der Waals surface area contributed by atoms with Crippen molar-refractivity contribution in [1.29, 1.82) is 0 Å². The van der Waals surface area contributed by atoms with Crippen LogP contribution in [0.15, 0.2) is 36.7 Å². The predicted octanol–water partition coefficient (Wildman–Crippen LogP) is 2.17. The van der Waals surface area contributed by atoms with Gasteiger partial charge in [0, 0.05) is 56.1 Å². The molecule has 0 atom stereocenters. The van der Waals surface area contributed by atoms with Crippen molar-refractivity contribution in [2.45, 2.75) is 26.7 Å². The van der Waals surface area contributed by atoms with Crippen molar-refractivity contribution in [1.82, 2.24) is 24.5 Å². The van der Waals surface area contributed by atoms with Gasteiger partial charge in [-0.15, -0.1) is 10.2 Å². The zero-order valence-corrected chi connectivity index (χ0v) is 17.4. The van der Waals surface area contributed by atoms with Gasteiger partial charge in [0.25, 0.3) is 11.7 Å². The lowest BCUT2D eigenvalue weighted by atomic mass is 10.1. The van der Waals surface area contributed by atoms with Crippen LogP contribution in [0.5, 0.6) is 0 Å². The lowest BCUT2D eigenvalue weighted by Gasteiger charge is -2.35. The van der Waals surface area contributed by atoms with E-state index in [9.17, 15) is 9.59 Å². The Balaban J connectivity index is 1.44. The third-order valence-corrected chi connectivity index (χ3v) is 5.23. The fourth-order valence-corrected chi connectivity index (χ4v) is 3.65. The Morgan fingerprint density at radius 2 is 1.77 bits per heavy atom. The van der Waals surface area contributed by atoms with E-state index in [0.717, 1.165) is 11.5 Å². The molecule has 1 N–H and O–H groups in total. The highest BCUT2D eigenvalue weighted by molar-refractivity contribution is 5.95. The van der Waals surface area contributed by atoms with Crippen molar-refractivity contribution in [3.8, 4) is 0 Å². The van der Waals surface area contributed by atoms with Crippen LogP contribution in [-0.2, 0) is 4.79 Å². The quantitative estimate of drug-likeness (QED) is 0.712. The maximum absolute atomic E-state index is 12.8.